The third-order valence-corrected chi connectivity index (χ3v) is 5.39. The number of ether oxygens (including phenoxy) is 1. The zero-order chi connectivity index (χ0) is 20.1. The Morgan fingerprint density at radius 1 is 1.04 bits per heavy atom. The third-order valence-electron chi connectivity index (χ3n) is 5.39. The van der Waals surface area contributed by atoms with Crippen molar-refractivity contribution in [2.45, 2.75) is 115 Å². The summed E-state index contributed by atoms with van der Waals surface area (Å²) in [7, 11) is 0. The van der Waals surface area contributed by atoms with Gasteiger partial charge in [-0.3, -0.25) is 9.59 Å². The van der Waals surface area contributed by atoms with Crippen LogP contribution in [0, 0.1) is 0 Å². The van der Waals surface area contributed by atoms with Gasteiger partial charge < -0.3 is 14.9 Å². The summed E-state index contributed by atoms with van der Waals surface area (Å²) in [6, 6.07) is 0. The van der Waals surface area contributed by atoms with Gasteiger partial charge in [0.05, 0.1) is 0 Å². The molecule has 27 heavy (non-hydrogen) atoms. The molecule has 0 aromatic rings. The minimum absolute atomic E-state index is 0.373. The van der Waals surface area contributed by atoms with Gasteiger partial charge in [-0.15, -0.1) is 0 Å². The molecule has 0 fully saturated rings. The molecule has 0 aromatic carbocycles. The number of carbonyl (C=O) groups excluding carboxylic acids is 2. The number of hydrogen-bond acceptors (Lipinski definition) is 5. The fourth-order valence-corrected chi connectivity index (χ4v) is 3.69. The Hall–Kier alpha value is -1.20. The highest BCUT2D eigenvalue weighted by molar-refractivity contribution is 6.01. The molecule has 5 nitrogen and oxygen atoms in total. The van der Waals surface area contributed by atoms with Crippen LogP contribution >= 0.6 is 0 Å². The minimum Gasteiger partial charge on any atom is -0.459 e. The van der Waals surface area contributed by atoms with Crippen LogP contribution in [0.3, 0.4) is 0 Å². The number of ketones is 1. The minimum atomic E-state index is -2.04. The van der Waals surface area contributed by atoms with E-state index in [2.05, 4.69) is 6.92 Å². The molecule has 0 unspecified atom stereocenters. The molecule has 156 valence electrons. The molecule has 0 amide bonds. The van der Waals surface area contributed by atoms with Crippen LogP contribution < -0.4 is 0 Å². The van der Waals surface area contributed by atoms with Gasteiger partial charge in [-0.25, -0.2) is 0 Å². The van der Waals surface area contributed by atoms with Crippen LogP contribution in [-0.2, 0) is 14.3 Å². The fourth-order valence-electron chi connectivity index (χ4n) is 3.69. The van der Waals surface area contributed by atoms with Crippen molar-refractivity contribution in [1.29, 1.82) is 0 Å². The normalized spacial score (nSPS) is 23.0. The number of hydrogen-bond donors (Lipinski definition) is 2. The van der Waals surface area contributed by atoms with Crippen LogP contribution in [0.15, 0.2) is 12.2 Å². The van der Waals surface area contributed by atoms with Crippen molar-refractivity contribution in [3.63, 3.8) is 0 Å². The van der Waals surface area contributed by atoms with E-state index < -0.39 is 29.6 Å². The second-order valence-electron chi connectivity index (χ2n) is 7.77. The molecule has 5 heteroatoms. The van der Waals surface area contributed by atoms with Crippen molar-refractivity contribution < 1.29 is 24.5 Å². The van der Waals surface area contributed by atoms with E-state index >= 15 is 0 Å². The molecule has 1 aliphatic carbocycles. The lowest BCUT2D eigenvalue weighted by Gasteiger charge is -2.33. The molecule has 0 aliphatic heterocycles. The quantitative estimate of drug-likeness (QED) is 0.327. The molecule has 0 bridgehead atoms. The van der Waals surface area contributed by atoms with Crippen LogP contribution in [0.1, 0.15) is 97.3 Å². The van der Waals surface area contributed by atoms with Gasteiger partial charge in [0, 0.05) is 6.92 Å². The zero-order valence-corrected chi connectivity index (χ0v) is 17.1. The zero-order valence-electron chi connectivity index (χ0n) is 17.1. The Kier molecular flexibility index (Phi) is 11.5. The average Bonchev–Trinajstić information content (AvgIpc) is 2.89. The summed E-state index contributed by atoms with van der Waals surface area (Å²) in [6.45, 7) is 3.48. The molecule has 0 saturated carbocycles. The van der Waals surface area contributed by atoms with Gasteiger partial charge in [0.2, 0.25) is 0 Å². The first kappa shape index (κ1) is 23.8. The second kappa shape index (κ2) is 13.1. The molecule has 1 rings (SSSR count). The van der Waals surface area contributed by atoms with Crippen molar-refractivity contribution in [2.24, 2.45) is 0 Å². The van der Waals surface area contributed by atoms with Crippen LogP contribution in [-0.4, -0.2) is 39.8 Å². The maximum atomic E-state index is 12.0. The lowest BCUT2D eigenvalue weighted by molar-refractivity contribution is -0.178. The van der Waals surface area contributed by atoms with Crippen LogP contribution in [0.5, 0.6) is 0 Å². The summed E-state index contributed by atoms with van der Waals surface area (Å²) in [5.74, 6) is -1.15. The molecule has 0 heterocycles. The summed E-state index contributed by atoms with van der Waals surface area (Å²) in [5.41, 5.74) is -2.04. The molecule has 0 radical (unpaired) electrons. The smallest absolute Gasteiger partial charge is 0.303 e. The van der Waals surface area contributed by atoms with Crippen molar-refractivity contribution in [3.8, 4) is 0 Å². The van der Waals surface area contributed by atoms with E-state index in [-0.39, 0.29) is 0 Å². The van der Waals surface area contributed by atoms with Crippen LogP contribution in [0.4, 0.5) is 0 Å². The highest BCUT2D eigenvalue weighted by Crippen LogP contribution is 2.30. The number of unbranched alkanes of at least 4 members (excludes halogenated alkanes) is 11. The van der Waals surface area contributed by atoms with Crippen molar-refractivity contribution in [2.75, 3.05) is 0 Å². The summed E-state index contributed by atoms with van der Waals surface area (Å²) in [5, 5.41) is 20.5. The van der Waals surface area contributed by atoms with Crippen molar-refractivity contribution >= 4 is 11.8 Å². The first-order valence-corrected chi connectivity index (χ1v) is 10.7. The van der Waals surface area contributed by atoms with E-state index in [1.807, 2.05) is 0 Å². The van der Waals surface area contributed by atoms with Gasteiger partial charge in [0.25, 0.3) is 0 Å². The molecule has 2 N–H and O–H groups in total. The molecule has 3 atom stereocenters. The second-order valence-corrected chi connectivity index (χ2v) is 7.77. The van der Waals surface area contributed by atoms with Gasteiger partial charge >= 0.3 is 5.97 Å². The van der Waals surface area contributed by atoms with E-state index in [1.54, 1.807) is 0 Å². The lowest BCUT2D eigenvalue weighted by atomic mass is 9.87. The Balaban J connectivity index is 2.18. The number of carbonyl (C=O) groups is 2. The first-order valence-electron chi connectivity index (χ1n) is 10.7. The van der Waals surface area contributed by atoms with E-state index in [1.165, 1.54) is 70.8 Å². The molecular weight excluding hydrogens is 344 g/mol. The lowest BCUT2D eigenvalue weighted by Crippen LogP contribution is -2.55. The third kappa shape index (κ3) is 8.14. The van der Waals surface area contributed by atoms with Crippen LogP contribution in [0.25, 0.3) is 0 Å². The predicted molar refractivity (Wildman–Crippen MR) is 106 cm³/mol. The van der Waals surface area contributed by atoms with E-state index in [0.717, 1.165) is 25.3 Å². The van der Waals surface area contributed by atoms with Gasteiger partial charge in [0.15, 0.2) is 11.4 Å². The topological polar surface area (TPSA) is 83.8 Å². The Morgan fingerprint density at radius 3 is 1.93 bits per heavy atom. The molecule has 0 spiro atoms. The summed E-state index contributed by atoms with van der Waals surface area (Å²) in [6.07, 6.45) is 15.0. The number of rotatable bonds is 15. The molecule has 1 aliphatic rings. The van der Waals surface area contributed by atoms with E-state index in [4.69, 9.17) is 4.74 Å². The summed E-state index contributed by atoms with van der Waals surface area (Å²) < 4.78 is 5.17. The van der Waals surface area contributed by atoms with Gasteiger partial charge in [0.1, 0.15) is 12.2 Å². The molecule has 0 saturated heterocycles. The largest absolute Gasteiger partial charge is 0.459 e. The SMILES string of the molecule is CCCCCCCCCCCCCC[C@H](OC(C)=O)[C@@]1(O)C(=O)C=C[C@@H]1O. The average molecular weight is 383 g/mol. The first-order chi connectivity index (χ1) is 12.9. The van der Waals surface area contributed by atoms with Crippen molar-refractivity contribution in [3.05, 3.63) is 12.2 Å². The number of aliphatic hydroxyl groups is 2. The summed E-state index contributed by atoms with van der Waals surface area (Å²) in [4.78, 5) is 23.3. The Labute approximate surface area is 164 Å². The predicted octanol–water partition coefficient (Wildman–Crippen LogP) is 4.24. The Bertz CT molecular complexity index is 473. The Morgan fingerprint density at radius 2 is 1.52 bits per heavy atom. The molecule has 0 aromatic heterocycles. The fraction of sp³-hybridized carbons (Fsp3) is 0.818. The van der Waals surface area contributed by atoms with Gasteiger partial charge in [-0.1, -0.05) is 77.6 Å². The highest BCUT2D eigenvalue weighted by Gasteiger charge is 2.52. The van der Waals surface area contributed by atoms with E-state index in [0.29, 0.717) is 6.42 Å². The van der Waals surface area contributed by atoms with E-state index in [9.17, 15) is 19.8 Å². The van der Waals surface area contributed by atoms with Gasteiger partial charge in [-0.2, -0.15) is 0 Å². The maximum absolute atomic E-state index is 12.0. The van der Waals surface area contributed by atoms with Crippen molar-refractivity contribution in [1.82, 2.24) is 0 Å². The number of aliphatic hydroxyl groups excluding tert-OH is 1. The molecular formula is C22H38O5. The number of esters is 1. The monoisotopic (exact) mass is 382 g/mol. The highest BCUT2D eigenvalue weighted by atomic mass is 16.6. The van der Waals surface area contributed by atoms with Crippen LogP contribution in [0.2, 0.25) is 0 Å². The summed E-state index contributed by atoms with van der Waals surface area (Å²) >= 11 is 0. The maximum Gasteiger partial charge on any atom is 0.303 e. The van der Waals surface area contributed by atoms with Gasteiger partial charge in [-0.05, 0) is 25.0 Å². The standard InChI is InChI=1S/C22H38O5/c1-3-4-5-6-7-8-9-10-11-12-13-14-15-21(27-18(2)23)22(26)19(24)16-17-20(22)25/h16-17,19,21,24,26H,3-15H2,1-2H3/t19-,21-,22-/m0/s1.